The zero-order valence-electron chi connectivity index (χ0n) is 11.0. The van der Waals surface area contributed by atoms with Gasteiger partial charge in [-0.1, -0.05) is 30.0 Å². The molecule has 0 fully saturated rings. The molecule has 0 saturated carbocycles. The average Bonchev–Trinajstić information content (AvgIpc) is 3.06. The van der Waals surface area contributed by atoms with Crippen LogP contribution in [0.3, 0.4) is 0 Å². The zero-order chi connectivity index (χ0) is 14.7. The number of carbonyl (C=O) groups is 2. The van der Waals surface area contributed by atoms with Crippen molar-refractivity contribution >= 4 is 34.5 Å². The van der Waals surface area contributed by atoms with Crippen LogP contribution in [0.15, 0.2) is 40.9 Å². The van der Waals surface area contributed by atoms with Crippen LogP contribution in [0.4, 0.5) is 0 Å². The van der Waals surface area contributed by atoms with Gasteiger partial charge >= 0.3 is 0 Å². The second-order valence-electron chi connectivity index (χ2n) is 4.94. The third kappa shape index (κ3) is 1.52. The summed E-state index contributed by atoms with van der Waals surface area (Å²) in [6.07, 6.45) is 0. The van der Waals surface area contributed by atoms with Crippen molar-refractivity contribution in [3.8, 4) is 0 Å². The number of aliphatic imine (C=N–C) groups is 1. The van der Waals surface area contributed by atoms with Gasteiger partial charge in [-0.15, -0.1) is 11.3 Å². The molecule has 1 aliphatic carbocycles. The molecular weight excluding hydrogens is 286 g/mol. The summed E-state index contributed by atoms with van der Waals surface area (Å²) in [5, 5.41) is 12.5. The number of amides is 1. The molecule has 0 spiro atoms. The standard InChI is InChI=1S/C16H9NO3S/c1-7-6-10-12(17-16(20)15(10)21-7)11-13(18)8-4-2-3-5-9(8)14(11)19/h2-6,18H,1H3/p-1. The fourth-order valence-corrected chi connectivity index (χ4v) is 3.62. The first kappa shape index (κ1) is 12.2. The van der Waals surface area contributed by atoms with Crippen molar-refractivity contribution in [3.05, 3.63) is 62.3 Å². The molecular formula is C16H8NO3S-. The molecule has 0 radical (unpaired) electrons. The minimum Gasteiger partial charge on any atom is -0.871 e. The Morgan fingerprint density at radius 2 is 1.81 bits per heavy atom. The van der Waals surface area contributed by atoms with E-state index in [0.717, 1.165) is 4.88 Å². The Labute approximate surface area is 124 Å². The van der Waals surface area contributed by atoms with E-state index in [1.54, 1.807) is 30.3 Å². The Hall–Kier alpha value is -2.53. The summed E-state index contributed by atoms with van der Waals surface area (Å²) >= 11 is 1.33. The highest BCUT2D eigenvalue weighted by atomic mass is 32.1. The van der Waals surface area contributed by atoms with Crippen LogP contribution in [0.1, 0.15) is 36.0 Å². The monoisotopic (exact) mass is 294 g/mol. The van der Waals surface area contributed by atoms with Crippen molar-refractivity contribution in [2.24, 2.45) is 4.99 Å². The summed E-state index contributed by atoms with van der Waals surface area (Å²) in [7, 11) is 0. The molecule has 102 valence electrons. The first-order chi connectivity index (χ1) is 10.1. The van der Waals surface area contributed by atoms with Crippen molar-refractivity contribution in [3.63, 3.8) is 0 Å². The van der Waals surface area contributed by atoms with E-state index in [-0.39, 0.29) is 28.7 Å². The molecule has 0 unspecified atom stereocenters. The molecule has 2 aromatic rings. The summed E-state index contributed by atoms with van der Waals surface area (Å²) in [6.45, 7) is 1.88. The van der Waals surface area contributed by atoms with E-state index in [0.29, 0.717) is 21.6 Å². The molecule has 2 heterocycles. The second-order valence-corrected chi connectivity index (χ2v) is 6.20. The lowest BCUT2D eigenvalue weighted by Gasteiger charge is -2.11. The van der Waals surface area contributed by atoms with Gasteiger partial charge in [-0.3, -0.25) is 9.59 Å². The maximum absolute atomic E-state index is 12.5. The van der Waals surface area contributed by atoms with Crippen LogP contribution in [0.5, 0.6) is 0 Å². The first-order valence-corrected chi connectivity index (χ1v) is 7.19. The predicted molar refractivity (Wildman–Crippen MR) is 77.6 cm³/mol. The van der Waals surface area contributed by atoms with Gasteiger partial charge in [-0.25, -0.2) is 4.99 Å². The SMILES string of the molecule is Cc1cc2c(s1)C(=O)N=C2C1=C([O-])c2ccccc2C1=O. The van der Waals surface area contributed by atoms with Crippen LogP contribution in [-0.4, -0.2) is 17.4 Å². The summed E-state index contributed by atoms with van der Waals surface area (Å²) in [5.41, 5.74) is 1.61. The molecule has 0 N–H and O–H groups in total. The van der Waals surface area contributed by atoms with Gasteiger partial charge in [-0.2, -0.15) is 0 Å². The summed E-state index contributed by atoms with van der Waals surface area (Å²) < 4.78 is 0. The van der Waals surface area contributed by atoms with E-state index < -0.39 is 0 Å². The number of rotatable bonds is 1. The first-order valence-electron chi connectivity index (χ1n) is 6.37. The maximum Gasteiger partial charge on any atom is 0.288 e. The van der Waals surface area contributed by atoms with Gasteiger partial charge < -0.3 is 5.11 Å². The van der Waals surface area contributed by atoms with Gasteiger partial charge in [0.05, 0.1) is 5.71 Å². The third-order valence-corrected chi connectivity index (χ3v) is 4.66. The Morgan fingerprint density at radius 1 is 1.10 bits per heavy atom. The number of ketones is 1. The molecule has 0 atom stereocenters. The lowest BCUT2D eigenvalue weighted by atomic mass is 10.0. The smallest absolute Gasteiger partial charge is 0.288 e. The van der Waals surface area contributed by atoms with Crippen LogP contribution in [0.25, 0.3) is 5.76 Å². The lowest BCUT2D eigenvalue weighted by Crippen LogP contribution is -2.13. The van der Waals surface area contributed by atoms with E-state index >= 15 is 0 Å². The predicted octanol–water partition coefficient (Wildman–Crippen LogP) is 1.97. The molecule has 2 aliphatic rings. The number of Topliss-reactive ketones (excluding diaryl/α,β-unsaturated/α-hetero) is 1. The Bertz CT molecular complexity index is 902. The zero-order valence-corrected chi connectivity index (χ0v) is 11.8. The van der Waals surface area contributed by atoms with Crippen molar-refractivity contribution in [1.29, 1.82) is 0 Å². The van der Waals surface area contributed by atoms with Crippen LogP contribution in [0.2, 0.25) is 0 Å². The van der Waals surface area contributed by atoms with Gasteiger partial charge in [0, 0.05) is 21.6 Å². The second kappa shape index (κ2) is 3.99. The Morgan fingerprint density at radius 3 is 2.52 bits per heavy atom. The number of fused-ring (bicyclic) bond motifs is 2. The third-order valence-electron chi connectivity index (χ3n) is 3.63. The molecule has 5 heteroatoms. The largest absolute Gasteiger partial charge is 0.871 e. The summed E-state index contributed by atoms with van der Waals surface area (Å²) in [6, 6.07) is 8.49. The van der Waals surface area contributed by atoms with Crippen LogP contribution < -0.4 is 5.11 Å². The molecule has 1 aliphatic heterocycles. The van der Waals surface area contributed by atoms with E-state index in [9.17, 15) is 14.7 Å². The molecule has 0 saturated heterocycles. The van der Waals surface area contributed by atoms with Gasteiger partial charge in [0.25, 0.3) is 5.91 Å². The van der Waals surface area contributed by atoms with Crippen molar-refractivity contribution in [2.45, 2.75) is 6.92 Å². The summed E-state index contributed by atoms with van der Waals surface area (Å²) in [4.78, 5) is 29.8. The summed E-state index contributed by atoms with van der Waals surface area (Å²) in [5.74, 6) is -1.07. The highest BCUT2D eigenvalue weighted by Crippen LogP contribution is 2.36. The fraction of sp³-hybridized carbons (Fsp3) is 0.0625. The number of allylic oxidation sites excluding steroid dienone is 1. The number of carbonyl (C=O) groups excluding carboxylic acids is 2. The van der Waals surface area contributed by atoms with Gasteiger partial charge in [-0.05, 0) is 18.6 Å². The van der Waals surface area contributed by atoms with Gasteiger partial charge in [0.2, 0.25) is 0 Å². The number of nitrogens with zero attached hydrogens (tertiary/aromatic N) is 1. The minimum absolute atomic E-state index is 0.0149. The number of hydrogen-bond acceptors (Lipinski definition) is 4. The highest BCUT2D eigenvalue weighted by molar-refractivity contribution is 7.14. The minimum atomic E-state index is -0.373. The van der Waals surface area contributed by atoms with Gasteiger partial charge in [0.15, 0.2) is 5.78 Å². The van der Waals surface area contributed by atoms with E-state index in [1.807, 2.05) is 6.92 Å². The molecule has 1 aromatic carbocycles. The number of thiophene rings is 1. The number of benzene rings is 1. The molecule has 1 amide bonds. The Kier molecular flexibility index (Phi) is 2.32. The maximum atomic E-state index is 12.5. The highest BCUT2D eigenvalue weighted by Gasteiger charge is 2.34. The van der Waals surface area contributed by atoms with Crippen molar-refractivity contribution < 1.29 is 14.7 Å². The van der Waals surface area contributed by atoms with E-state index in [2.05, 4.69) is 4.99 Å². The van der Waals surface area contributed by atoms with Crippen molar-refractivity contribution in [2.75, 3.05) is 0 Å². The lowest BCUT2D eigenvalue weighted by molar-refractivity contribution is -0.243. The number of aryl methyl sites for hydroxylation is 1. The molecule has 21 heavy (non-hydrogen) atoms. The fourth-order valence-electron chi connectivity index (χ4n) is 2.72. The quantitative estimate of drug-likeness (QED) is 0.807. The molecule has 4 nitrogen and oxygen atoms in total. The molecule has 1 aromatic heterocycles. The van der Waals surface area contributed by atoms with Gasteiger partial charge in [0.1, 0.15) is 4.88 Å². The van der Waals surface area contributed by atoms with E-state index in [1.165, 1.54) is 11.3 Å². The molecule has 4 rings (SSSR count). The average molecular weight is 294 g/mol. The van der Waals surface area contributed by atoms with E-state index in [4.69, 9.17) is 0 Å². The topological polar surface area (TPSA) is 69.6 Å². The molecule has 0 bridgehead atoms. The Balaban J connectivity index is 1.94. The normalized spacial score (nSPS) is 16.3. The number of hydrogen-bond donors (Lipinski definition) is 0. The van der Waals surface area contributed by atoms with Crippen molar-refractivity contribution in [1.82, 2.24) is 0 Å². The van der Waals surface area contributed by atoms with Crippen LogP contribution in [0, 0.1) is 6.92 Å². The van der Waals surface area contributed by atoms with Crippen LogP contribution >= 0.6 is 11.3 Å². The van der Waals surface area contributed by atoms with Crippen LogP contribution in [-0.2, 0) is 0 Å².